The molecule has 1 amide bonds. The molecule has 2 aromatic carbocycles. The van der Waals surface area contributed by atoms with Gasteiger partial charge in [-0.1, -0.05) is 18.2 Å². The van der Waals surface area contributed by atoms with Crippen LogP contribution in [0.25, 0.3) is 5.69 Å². The van der Waals surface area contributed by atoms with Gasteiger partial charge < -0.3 is 10.4 Å². The van der Waals surface area contributed by atoms with E-state index in [1.54, 1.807) is 53.5 Å². The summed E-state index contributed by atoms with van der Waals surface area (Å²) in [7, 11) is 0. The van der Waals surface area contributed by atoms with Crippen LogP contribution in [0.2, 0.25) is 0 Å². The molecule has 0 aliphatic rings. The van der Waals surface area contributed by atoms with Crippen LogP contribution in [0.1, 0.15) is 15.9 Å². The van der Waals surface area contributed by atoms with Crippen molar-refractivity contribution < 1.29 is 14.7 Å². The standard InChI is InChI=1S/C17H14N4O3/c22-16(9-12-3-1-2-4-15(12)17(23)24)20-13-5-7-14(8-6-13)21-11-18-10-19-21/h1-8,10-11H,9H2,(H,20,22)(H,23,24). The topological polar surface area (TPSA) is 97.1 Å². The van der Waals surface area contributed by atoms with Crippen LogP contribution in [0, 0.1) is 0 Å². The van der Waals surface area contributed by atoms with Gasteiger partial charge in [0, 0.05) is 5.69 Å². The van der Waals surface area contributed by atoms with Crippen molar-refractivity contribution in [2.75, 3.05) is 5.32 Å². The molecule has 0 aliphatic heterocycles. The van der Waals surface area contributed by atoms with E-state index >= 15 is 0 Å². The summed E-state index contributed by atoms with van der Waals surface area (Å²) in [6.07, 6.45) is 3.01. The number of aromatic nitrogens is 3. The largest absolute Gasteiger partial charge is 0.478 e. The summed E-state index contributed by atoms with van der Waals surface area (Å²) < 4.78 is 1.61. The Labute approximate surface area is 137 Å². The van der Waals surface area contributed by atoms with E-state index in [9.17, 15) is 9.59 Å². The number of anilines is 1. The minimum atomic E-state index is -1.05. The van der Waals surface area contributed by atoms with Crippen molar-refractivity contribution in [2.45, 2.75) is 6.42 Å². The van der Waals surface area contributed by atoms with E-state index in [1.165, 1.54) is 12.4 Å². The van der Waals surface area contributed by atoms with E-state index in [1.807, 2.05) is 0 Å². The first-order valence-corrected chi connectivity index (χ1v) is 7.19. The Bertz CT molecular complexity index is 858. The molecule has 0 spiro atoms. The van der Waals surface area contributed by atoms with Crippen LogP contribution in [0.3, 0.4) is 0 Å². The number of hydrogen-bond donors (Lipinski definition) is 2. The molecule has 0 bridgehead atoms. The summed E-state index contributed by atoms with van der Waals surface area (Å²) in [5, 5.41) is 15.9. The summed E-state index contributed by atoms with van der Waals surface area (Å²) >= 11 is 0. The molecule has 7 heteroatoms. The van der Waals surface area contributed by atoms with Crippen molar-refractivity contribution in [1.82, 2.24) is 14.8 Å². The van der Waals surface area contributed by atoms with E-state index in [0.717, 1.165) is 5.69 Å². The fraction of sp³-hybridized carbons (Fsp3) is 0.0588. The maximum Gasteiger partial charge on any atom is 0.335 e. The van der Waals surface area contributed by atoms with Gasteiger partial charge in [-0.05, 0) is 35.9 Å². The second-order valence-corrected chi connectivity index (χ2v) is 5.07. The third-order valence-electron chi connectivity index (χ3n) is 3.43. The van der Waals surface area contributed by atoms with Crippen molar-refractivity contribution in [3.63, 3.8) is 0 Å². The number of nitrogens with one attached hydrogen (secondary N) is 1. The van der Waals surface area contributed by atoms with Crippen LogP contribution in [0.5, 0.6) is 0 Å². The quantitative estimate of drug-likeness (QED) is 0.750. The molecule has 0 saturated carbocycles. The van der Waals surface area contributed by atoms with Crippen LogP contribution >= 0.6 is 0 Å². The average molecular weight is 322 g/mol. The average Bonchev–Trinajstić information content (AvgIpc) is 3.10. The molecule has 7 nitrogen and oxygen atoms in total. The number of rotatable bonds is 5. The molecule has 0 atom stereocenters. The molecule has 0 saturated heterocycles. The zero-order valence-corrected chi connectivity index (χ0v) is 12.6. The predicted octanol–water partition coefficient (Wildman–Crippen LogP) is 2.15. The number of hydrogen-bond acceptors (Lipinski definition) is 4. The molecule has 2 N–H and O–H groups in total. The zero-order valence-electron chi connectivity index (χ0n) is 12.6. The summed E-state index contributed by atoms with van der Waals surface area (Å²) in [4.78, 5) is 27.2. The van der Waals surface area contributed by atoms with Crippen LogP contribution in [-0.2, 0) is 11.2 Å². The highest BCUT2D eigenvalue weighted by molar-refractivity contribution is 5.96. The minimum Gasteiger partial charge on any atom is -0.478 e. The maximum absolute atomic E-state index is 12.1. The molecule has 1 aromatic heterocycles. The van der Waals surface area contributed by atoms with Gasteiger partial charge >= 0.3 is 5.97 Å². The summed E-state index contributed by atoms with van der Waals surface area (Å²) in [6, 6.07) is 13.6. The highest BCUT2D eigenvalue weighted by Crippen LogP contribution is 2.14. The van der Waals surface area contributed by atoms with Crippen molar-refractivity contribution in [3.8, 4) is 5.69 Å². The molecule has 0 radical (unpaired) electrons. The number of benzene rings is 2. The Balaban J connectivity index is 1.68. The summed E-state index contributed by atoms with van der Waals surface area (Å²) in [5.74, 6) is -1.33. The molecule has 3 aromatic rings. The van der Waals surface area contributed by atoms with Crippen molar-refractivity contribution in [3.05, 3.63) is 72.3 Å². The lowest BCUT2D eigenvalue weighted by atomic mass is 10.0. The molecule has 1 heterocycles. The molecular formula is C17H14N4O3. The molecule has 120 valence electrons. The Hall–Kier alpha value is -3.48. The Morgan fingerprint density at radius 1 is 1.08 bits per heavy atom. The minimum absolute atomic E-state index is 0.00665. The number of carbonyl (C=O) groups is 2. The fourth-order valence-corrected chi connectivity index (χ4v) is 2.30. The van der Waals surface area contributed by atoms with Gasteiger partial charge in [0.25, 0.3) is 0 Å². The molecule has 0 fully saturated rings. The van der Waals surface area contributed by atoms with Gasteiger partial charge in [0.15, 0.2) is 0 Å². The number of amides is 1. The fourth-order valence-electron chi connectivity index (χ4n) is 2.30. The molecular weight excluding hydrogens is 308 g/mol. The van der Waals surface area contributed by atoms with Gasteiger partial charge in [-0.2, -0.15) is 5.10 Å². The van der Waals surface area contributed by atoms with Crippen LogP contribution in [0.15, 0.2) is 61.2 Å². The van der Waals surface area contributed by atoms with Crippen LogP contribution < -0.4 is 5.32 Å². The van der Waals surface area contributed by atoms with Crippen molar-refractivity contribution in [2.24, 2.45) is 0 Å². The number of carboxylic acid groups (broad SMARTS) is 1. The third kappa shape index (κ3) is 3.46. The maximum atomic E-state index is 12.1. The SMILES string of the molecule is O=C(Cc1ccccc1C(=O)O)Nc1ccc(-n2cncn2)cc1. The van der Waals surface area contributed by atoms with Gasteiger partial charge in [0.2, 0.25) is 5.91 Å². The smallest absolute Gasteiger partial charge is 0.335 e. The molecule has 3 rings (SSSR count). The number of nitrogens with zero attached hydrogens (tertiary/aromatic N) is 3. The Morgan fingerprint density at radius 2 is 1.83 bits per heavy atom. The van der Waals surface area contributed by atoms with E-state index in [4.69, 9.17) is 5.11 Å². The first kappa shape index (κ1) is 15.4. The number of carbonyl (C=O) groups excluding carboxylic acids is 1. The monoisotopic (exact) mass is 322 g/mol. The first-order chi connectivity index (χ1) is 11.6. The lowest BCUT2D eigenvalue weighted by Gasteiger charge is -2.08. The van der Waals surface area contributed by atoms with Gasteiger partial charge in [-0.3, -0.25) is 4.79 Å². The lowest BCUT2D eigenvalue weighted by Crippen LogP contribution is -2.16. The third-order valence-corrected chi connectivity index (χ3v) is 3.43. The zero-order chi connectivity index (χ0) is 16.9. The number of aromatic carboxylic acids is 1. The summed E-state index contributed by atoms with van der Waals surface area (Å²) in [5.41, 5.74) is 2.05. The highest BCUT2D eigenvalue weighted by Gasteiger charge is 2.12. The first-order valence-electron chi connectivity index (χ1n) is 7.19. The Morgan fingerprint density at radius 3 is 2.50 bits per heavy atom. The lowest BCUT2D eigenvalue weighted by molar-refractivity contribution is -0.115. The van der Waals surface area contributed by atoms with E-state index in [0.29, 0.717) is 11.3 Å². The normalized spacial score (nSPS) is 10.3. The summed E-state index contributed by atoms with van der Waals surface area (Å²) in [6.45, 7) is 0. The van der Waals surface area contributed by atoms with E-state index in [-0.39, 0.29) is 17.9 Å². The highest BCUT2D eigenvalue weighted by atomic mass is 16.4. The molecule has 24 heavy (non-hydrogen) atoms. The van der Waals surface area contributed by atoms with E-state index < -0.39 is 5.97 Å². The number of carboxylic acids is 1. The predicted molar refractivity (Wildman–Crippen MR) is 87.1 cm³/mol. The van der Waals surface area contributed by atoms with E-state index in [2.05, 4.69) is 15.4 Å². The van der Waals surface area contributed by atoms with Gasteiger partial charge in [-0.15, -0.1) is 0 Å². The van der Waals surface area contributed by atoms with Gasteiger partial charge in [-0.25, -0.2) is 14.5 Å². The molecule has 0 unspecified atom stereocenters. The Kier molecular flexibility index (Phi) is 4.33. The molecule has 0 aliphatic carbocycles. The second kappa shape index (κ2) is 6.74. The second-order valence-electron chi connectivity index (χ2n) is 5.07. The van der Waals surface area contributed by atoms with Crippen LogP contribution in [-0.4, -0.2) is 31.7 Å². The van der Waals surface area contributed by atoms with Gasteiger partial charge in [0.1, 0.15) is 12.7 Å². The van der Waals surface area contributed by atoms with Crippen LogP contribution in [0.4, 0.5) is 5.69 Å². The van der Waals surface area contributed by atoms with Gasteiger partial charge in [0.05, 0.1) is 17.7 Å². The van der Waals surface area contributed by atoms with Crippen molar-refractivity contribution in [1.29, 1.82) is 0 Å². The van der Waals surface area contributed by atoms with Crippen molar-refractivity contribution >= 4 is 17.6 Å².